The van der Waals surface area contributed by atoms with E-state index < -0.39 is 0 Å². The van der Waals surface area contributed by atoms with Crippen LogP contribution in [0.25, 0.3) is 0 Å². The Kier molecular flexibility index (Phi) is 5.93. The molecule has 2 nitrogen and oxygen atoms in total. The molecule has 1 aromatic rings. The highest BCUT2D eigenvalue weighted by Crippen LogP contribution is 2.02. The highest BCUT2D eigenvalue weighted by molar-refractivity contribution is 5.76. The summed E-state index contributed by atoms with van der Waals surface area (Å²) in [6, 6.07) is 7.51. The number of carbonyl (C=O) groups excluding carboxylic acids is 1. The molecule has 0 amide bonds. The van der Waals surface area contributed by atoms with Gasteiger partial charge in [-0.1, -0.05) is 24.3 Å². The van der Waals surface area contributed by atoms with Crippen LogP contribution in [0.3, 0.4) is 0 Å². The molecule has 0 aliphatic rings. The SMILES string of the molecule is CNC.Cc1ccccc1C=O. The van der Waals surface area contributed by atoms with Gasteiger partial charge in [-0.15, -0.1) is 0 Å². The van der Waals surface area contributed by atoms with E-state index >= 15 is 0 Å². The van der Waals surface area contributed by atoms with Gasteiger partial charge in [-0.2, -0.15) is 0 Å². The van der Waals surface area contributed by atoms with Crippen LogP contribution in [0, 0.1) is 6.92 Å². The number of hydrogen-bond donors (Lipinski definition) is 1. The molecule has 0 heterocycles. The number of benzene rings is 1. The lowest BCUT2D eigenvalue weighted by Crippen LogP contribution is -1.89. The zero-order valence-electron chi connectivity index (χ0n) is 7.79. The van der Waals surface area contributed by atoms with Gasteiger partial charge >= 0.3 is 0 Å². The molecular weight excluding hydrogens is 150 g/mol. The van der Waals surface area contributed by atoms with Crippen molar-refractivity contribution in [2.75, 3.05) is 14.1 Å². The van der Waals surface area contributed by atoms with Gasteiger partial charge in [-0.25, -0.2) is 0 Å². The van der Waals surface area contributed by atoms with Gasteiger partial charge in [0.15, 0.2) is 0 Å². The molecule has 0 atom stereocenters. The predicted octanol–water partition coefficient (Wildman–Crippen LogP) is 1.64. The molecule has 0 aliphatic heterocycles. The number of aldehydes is 1. The van der Waals surface area contributed by atoms with Crippen molar-refractivity contribution in [2.24, 2.45) is 0 Å². The van der Waals surface area contributed by atoms with Crippen LogP contribution in [0.2, 0.25) is 0 Å². The standard InChI is InChI=1S/C8H8O.C2H7N/c1-7-4-2-3-5-8(7)6-9;1-3-2/h2-6H,1H3;3H,1-2H3. The second-order valence-corrected chi connectivity index (χ2v) is 2.47. The van der Waals surface area contributed by atoms with E-state index in [1.807, 2.05) is 45.3 Å². The molecule has 1 N–H and O–H groups in total. The van der Waals surface area contributed by atoms with Crippen LogP contribution in [0.1, 0.15) is 15.9 Å². The van der Waals surface area contributed by atoms with Gasteiger partial charge in [0.25, 0.3) is 0 Å². The number of carbonyl (C=O) groups is 1. The molecule has 1 aromatic carbocycles. The van der Waals surface area contributed by atoms with E-state index in [2.05, 4.69) is 5.32 Å². The first-order valence-corrected chi connectivity index (χ1v) is 3.85. The van der Waals surface area contributed by atoms with Gasteiger partial charge < -0.3 is 5.32 Å². The molecule has 1 rings (SSSR count). The van der Waals surface area contributed by atoms with Crippen LogP contribution in [0.15, 0.2) is 24.3 Å². The number of hydrogen-bond acceptors (Lipinski definition) is 2. The molecule has 66 valence electrons. The zero-order chi connectivity index (χ0) is 9.40. The van der Waals surface area contributed by atoms with Crippen molar-refractivity contribution in [3.8, 4) is 0 Å². The lowest BCUT2D eigenvalue weighted by molar-refractivity contribution is 0.112. The normalized spacial score (nSPS) is 8.25. The highest BCUT2D eigenvalue weighted by atomic mass is 16.1. The Bertz CT molecular complexity index is 233. The van der Waals surface area contributed by atoms with Gasteiger partial charge in [0.05, 0.1) is 0 Å². The summed E-state index contributed by atoms with van der Waals surface area (Å²) in [5.74, 6) is 0. The fourth-order valence-corrected chi connectivity index (χ4v) is 0.719. The maximum atomic E-state index is 10.2. The molecule has 0 saturated heterocycles. The van der Waals surface area contributed by atoms with E-state index in [1.165, 1.54) is 0 Å². The Morgan fingerprint density at radius 1 is 1.25 bits per heavy atom. The first kappa shape index (κ1) is 10.8. The van der Waals surface area contributed by atoms with E-state index in [-0.39, 0.29) is 0 Å². The molecule has 2 heteroatoms. The number of aryl methyl sites for hydroxylation is 1. The summed E-state index contributed by atoms with van der Waals surface area (Å²) in [7, 11) is 3.75. The molecule has 0 aromatic heterocycles. The summed E-state index contributed by atoms with van der Waals surface area (Å²) >= 11 is 0. The predicted molar refractivity (Wildman–Crippen MR) is 51.6 cm³/mol. The monoisotopic (exact) mass is 165 g/mol. The molecule has 0 radical (unpaired) electrons. The van der Waals surface area contributed by atoms with E-state index in [0.29, 0.717) is 0 Å². The quantitative estimate of drug-likeness (QED) is 0.641. The summed E-state index contributed by atoms with van der Waals surface area (Å²) in [5.41, 5.74) is 1.81. The second kappa shape index (κ2) is 6.55. The van der Waals surface area contributed by atoms with E-state index in [1.54, 1.807) is 0 Å². The van der Waals surface area contributed by atoms with Crippen molar-refractivity contribution in [1.29, 1.82) is 0 Å². The van der Waals surface area contributed by atoms with Gasteiger partial charge in [0, 0.05) is 5.56 Å². The Labute approximate surface area is 73.6 Å². The van der Waals surface area contributed by atoms with Crippen molar-refractivity contribution in [3.05, 3.63) is 35.4 Å². The zero-order valence-corrected chi connectivity index (χ0v) is 7.79. The second-order valence-electron chi connectivity index (χ2n) is 2.47. The summed E-state index contributed by atoms with van der Waals surface area (Å²) in [6.45, 7) is 1.92. The molecular formula is C10H15NO. The maximum absolute atomic E-state index is 10.2. The summed E-state index contributed by atoms with van der Waals surface area (Å²) in [4.78, 5) is 10.2. The molecule has 12 heavy (non-hydrogen) atoms. The van der Waals surface area contributed by atoms with Crippen molar-refractivity contribution in [1.82, 2.24) is 5.32 Å². The molecule has 0 unspecified atom stereocenters. The van der Waals surface area contributed by atoms with Gasteiger partial charge in [0.2, 0.25) is 0 Å². The number of rotatable bonds is 1. The van der Waals surface area contributed by atoms with Crippen molar-refractivity contribution in [3.63, 3.8) is 0 Å². The third-order valence-corrected chi connectivity index (χ3v) is 1.32. The maximum Gasteiger partial charge on any atom is 0.150 e. The lowest BCUT2D eigenvalue weighted by atomic mass is 10.1. The highest BCUT2D eigenvalue weighted by Gasteiger charge is 1.90. The first-order chi connectivity index (χ1) is 5.76. The summed E-state index contributed by atoms with van der Waals surface area (Å²) in [6.07, 6.45) is 0.870. The van der Waals surface area contributed by atoms with Crippen LogP contribution in [0.5, 0.6) is 0 Å². The van der Waals surface area contributed by atoms with E-state index in [0.717, 1.165) is 17.4 Å². The topological polar surface area (TPSA) is 29.1 Å². The average molecular weight is 165 g/mol. The van der Waals surface area contributed by atoms with Crippen molar-refractivity contribution in [2.45, 2.75) is 6.92 Å². The summed E-state index contributed by atoms with van der Waals surface area (Å²) < 4.78 is 0. The van der Waals surface area contributed by atoms with Crippen LogP contribution in [-0.2, 0) is 0 Å². The minimum atomic E-state index is 0.775. The summed E-state index contributed by atoms with van der Waals surface area (Å²) in [5, 5.41) is 2.75. The van der Waals surface area contributed by atoms with Gasteiger partial charge in [-0.3, -0.25) is 4.79 Å². The fraction of sp³-hybridized carbons (Fsp3) is 0.300. The van der Waals surface area contributed by atoms with Crippen LogP contribution in [-0.4, -0.2) is 20.4 Å². The molecule has 0 aliphatic carbocycles. The third kappa shape index (κ3) is 3.88. The van der Waals surface area contributed by atoms with Gasteiger partial charge in [0.1, 0.15) is 6.29 Å². The Hall–Kier alpha value is -1.15. The fourth-order valence-electron chi connectivity index (χ4n) is 0.719. The molecule has 0 saturated carbocycles. The smallest absolute Gasteiger partial charge is 0.150 e. The van der Waals surface area contributed by atoms with Gasteiger partial charge in [-0.05, 0) is 26.6 Å². The van der Waals surface area contributed by atoms with Crippen molar-refractivity contribution >= 4 is 6.29 Å². The van der Waals surface area contributed by atoms with E-state index in [9.17, 15) is 4.79 Å². The Balaban J connectivity index is 0.000000354. The van der Waals surface area contributed by atoms with Crippen LogP contribution in [0.4, 0.5) is 0 Å². The van der Waals surface area contributed by atoms with Crippen LogP contribution >= 0.6 is 0 Å². The minimum Gasteiger partial charge on any atom is -0.323 e. The average Bonchev–Trinajstić information content (AvgIpc) is 2.07. The van der Waals surface area contributed by atoms with Crippen molar-refractivity contribution < 1.29 is 4.79 Å². The third-order valence-electron chi connectivity index (χ3n) is 1.32. The van der Waals surface area contributed by atoms with E-state index in [4.69, 9.17) is 0 Å². The minimum absolute atomic E-state index is 0.775. The Morgan fingerprint density at radius 3 is 2.08 bits per heavy atom. The first-order valence-electron chi connectivity index (χ1n) is 3.85. The lowest BCUT2D eigenvalue weighted by Gasteiger charge is -1.92. The largest absolute Gasteiger partial charge is 0.323 e. The molecule has 0 spiro atoms. The molecule has 0 fully saturated rings. The van der Waals surface area contributed by atoms with Crippen LogP contribution < -0.4 is 5.32 Å². The molecule has 0 bridgehead atoms. The number of nitrogens with one attached hydrogen (secondary N) is 1. The Morgan fingerprint density at radius 2 is 1.75 bits per heavy atom.